The van der Waals surface area contributed by atoms with Gasteiger partial charge in [0.15, 0.2) is 16.7 Å². The van der Waals surface area contributed by atoms with Crippen molar-refractivity contribution in [1.29, 1.82) is 0 Å². The molecule has 1 aliphatic heterocycles. The average molecular weight is 332 g/mol. The number of nitrogens with one attached hydrogen (secondary N) is 1. The van der Waals surface area contributed by atoms with Gasteiger partial charge in [-0.2, -0.15) is 0 Å². The molecule has 0 radical (unpaired) electrons. The van der Waals surface area contributed by atoms with Gasteiger partial charge in [0.05, 0.1) is 18.1 Å². The average Bonchev–Trinajstić information content (AvgIpc) is 2.88. The van der Waals surface area contributed by atoms with Gasteiger partial charge in [0.1, 0.15) is 0 Å². The van der Waals surface area contributed by atoms with Crippen LogP contribution in [0.4, 0.5) is 0 Å². The molecule has 1 amide bonds. The highest BCUT2D eigenvalue weighted by Crippen LogP contribution is 2.31. The molecule has 2 N–H and O–H groups in total. The second-order valence-corrected chi connectivity index (χ2v) is 6.75. The van der Waals surface area contributed by atoms with Gasteiger partial charge in [0, 0.05) is 0 Å². The van der Waals surface area contributed by atoms with Crippen molar-refractivity contribution in [3.05, 3.63) is 28.7 Å². The Morgan fingerprint density at radius 1 is 1.35 bits per heavy atom. The number of aliphatic imine (C=N–C) groups is 1. The molecule has 1 heterocycles. The number of phenols is 1. The summed E-state index contributed by atoms with van der Waals surface area (Å²) in [7, 11) is 1.50. The fourth-order valence-corrected chi connectivity index (χ4v) is 3.71. The van der Waals surface area contributed by atoms with E-state index in [0.717, 1.165) is 18.4 Å². The highest BCUT2D eigenvalue weighted by atomic mass is 32.2. The molecule has 1 saturated carbocycles. The van der Waals surface area contributed by atoms with Gasteiger partial charge in [0.25, 0.3) is 5.91 Å². The number of nitrogens with zero attached hydrogens (tertiary/aromatic N) is 1. The van der Waals surface area contributed by atoms with Gasteiger partial charge in [-0.1, -0.05) is 25.3 Å². The van der Waals surface area contributed by atoms with Crippen molar-refractivity contribution in [2.24, 2.45) is 4.99 Å². The van der Waals surface area contributed by atoms with E-state index in [4.69, 9.17) is 4.74 Å². The first-order valence-corrected chi connectivity index (χ1v) is 8.63. The van der Waals surface area contributed by atoms with Gasteiger partial charge >= 0.3 is 0 Å². The summed E-state index contributed by atoms with van der Waals surface area (Å²) in [6, 6.07) is 5.39. The van der Waals surface area contributed by atoms with Crippen LogP contribution < -0.4 is 10.1 Å². The van der Waals surface area contributed by atoms with Gasteiger partial charge in [-0.15, -0.1) is 0 Å². The van der Waals surface area contributed by atoms with Crippen molar-refractivity contribution in [3.63, 3.8) is 0 Å². The standard InChI is InChI=1S/C17H20N2O3S/c1-22-14-8-7-11(9-13(14)20)10-15-16(21)19-17(23-15)18-12-5-3-2-4-6-12/h7-10,12,20H,2-6H2,1H3,(H,18,19,21)/b15-10-. The van der Waals surface area contributed by atoms with E-state index in [1.807, 2.05) is 0 Å². The Bertz CT molecular complexity index is 664. The molecule has 0 bridgehead atoms. The number of aromatic hydroxyl groups is 1. The SMILES string of the molecule is COc1ccc(/C=C2\SC(=NC3CCCCC3)NC2=O)cc1O. The summed E-state index contributed by atoms with van der Waals surface area (Å²) in [5.41, 5.74) is 0.750. The van der Waals surface area contributed by atoms with Gasteiger partial charge < -0.3 is 15.2 Å². The molecule has 6 heteroatoms. The molecule has 0 spiro atoms. The highest BCUT2D eigenvalue weighted by Gasteiger charge is 2.25. The fraction of sp³-hybridized carbons (Fsp3) is 0.412. The molecule has 0 unspecified atom stereocenters. The summed E-state index contributed by atoms with van der Waals surface area (Å²) in [5, 5.41) is 13.3. The Kier molecular flexibility index (Phi) is 4.91. The molecule has 3 rings (SSSR count). The predicted octanol–water partition coefficient (Wildman–Crippen LogP) is 3.29. The van der Waals surface area contributed by atoms with Crippen molar-refractivity contribution < 1.29 is 14.6 Å². The van der Waals surface area contributed by atoms with E-state index >= 15 is 0 Å². The number of thioether (sulfide) groups is 1. The Hall–Kier alpha value is -1.95. The summed E-state index contributed by atoms with van der Waals surface area (Å²) in [5.74, 6) is 0.330. The summed E-state index contributed by atoms with van der Waals surface area (Å²) in [4.78, 5) is 17.3. The van der Waals surface area contributed by atoms with Crippen LogP contribution in [0.5, 0.6) is 11.5 Å². The molecule has 1 aromatic carbocycles. The first kappa shape index (κ1) is 15.9. The molecule has 5 nitrogen and oxygen atoms in total. The second kappa shape index (κ2) is 7.08. The van der Waals surface area contributed by atoms with Gasteiger partial charge in [-0.3, -0.25) is 9.79 Å². The van der Waals surface area contributed by atoms with Gasteiger partial charge in [-0.05, 0) is 48.4 Å². The quantitative estimate of drug-likeness (QED) is 0.833. The van der Waals surface area contributed by atoms with E-state index in [1.165, 1.54) is 38.1 Å². The lowest BCUT2D eigenvalue weighted by Gasteiger charge is -2.17. The maximum atomic E-state index is 12.1. The smallest absolute Gasteiger partial charge is 0.264 e. The lowest BCUT2D eigenvalue weighted by atomic mass is 9.96. The molecule has 1 aromatic rings. The number of amidine groups is 1. The van der Waals surface area contributed by atoms with E-state index in [2.05, 4.69) is 10.3 Å². The molecule has 2 aliphatic rings. The topological polar surface area (TPSA) is 70.9 Å². The maximum Gasteiger partial charge on any atom is 0.264 e. The van der Waals surface area contributed by atoms with Crippen LogP contribution >= 0.6 is 11.8 Å². The number of carbonyl (C=O) groups excluding carboxylic acids is 1. The zero-order chi connectivity index (χ0) is 16.2. The van der Waals surface area contributed by atoms with Crippen molar-refractivity contribution in [1.82, 2.24) is 5.32 Å². The van der Waals surface area contributed by atoms with E-state index < -0.39 is 0 Å². The molecule has 0 aromatic heterocycles. The number of phenolic OH excluding ortho intramolecular Hbond substituents is 1. The number of rotatable bonds is 3. The number of ether oxygens (including phenoxy) is 1. The molecule has 23 heavy (non-hydrogen) atoms. The summed E-state index contributed by atoms with van der Waals surface area (Å²) < 4.78 is 5.02. The third-order valence-corrected chi connectivity index (χ3v) is 4.95. The van der Waals surface area contributed by atoms with E-state index in [0.29, 0.717) is 21.9 Å². The Labute approximate surface area is 139 Å². The van der Waals surface area contributed by atoms with Crippen LogP contribution in [0.15, 0.2) is 28.1 Å². The van der Waals surface area contributed by atoms with Crippen LogP contribution in [0.1, 0.15) is 37.7 Å². The Morgan fingerprint density at radius 2 is 2.13 bits per heavy atom. The minimum atomic E-state index is -0.139. The zero-order valence-corrected chi connectivity index (χ0v) is 13.9. The van der Waals surface area contributed by atoms with Crippen LogP contribution in [0, 0.1) is 0 Å². The monoisotopic (exact) mass is 332 g/mol. The number of carbonyl (C=O) groups is 1. The van der Waals surface area contributed by atoms with Gasteiger partial charge in [-0.25, -0.2) is 0 Å². The van der Waals surface area contributed by atoms with E-state index in [-0.39, 0.29) is 11.7 Å². The van der Waals surface area contributed by atoms with E-state index in [9.17, 15) is 9.90 Å². The van der Waals surface area contributed by atoms with Crippen LogP contribution in [0.25, 0.3) is 6.08 Å². The second-order valence-electron chi connectivity index (χ2n) is 5.72. The lowest BCUT2D eigenvalue weighted by Crippen LogP contribution is -2.22. The van der Waals surface area contributed by atoms with E-state index in [1.54, 1.807) is 24.3 Å². The summed E-state index contributed by atoms with van der Waals surface area (Å²) in [6.07, 6.45) is 7.67. The molecule has 122 valence electrons. The molecule has 1 saturated heterocycles. The number of benzene rings is 1. The van der Waals surface area contributed by atoms with Gasteiger partial charge in [0.2, 0.25) is 0 Å². The number of hydrogen-bond donors (Lipinski definition) is 2. The van der Waals surface area contributed by atoms with Crippen molar-refractivity contribution >= 4 is 28.9 Å². The van der Waals surface area contributed by atoms with Crippen LogP contribution in [-0.4, -0.2) is 29.3 Å². The first-order chi connectivity index (χ1) is 11.2. The van der Waals surface area contributed by atoms with Crippen LogP contribution in [0.3, 0.4) is 0 Å². The summed E-state index contributed by atoms with van der Waals surface area (Å²) >= 11 is 1.36. The number of amides is 1. The molecular weight excluding hydrogens is 312 g/mol. The van der Waals surface area contributed by atoms with Crippen LogP contribution in [0.2, 0.25) is 0 Å². The highest BCUT2D eigenvalue weighted by molar-refractivity contribution is 8.18. The van der Waals surface area contributed by atoms with Crippen LogP contribution in [-0.2, 0) is 4.79 Å². The first-order valence-electron chi connectivity index (χ1n) is 7.81. The minimum Gasteiger partial charge on any atom is -0.504 e. The third kappa shape index (κ3) is 3.88. The molecule has 2 fully saturated rings. The van der Waals surface area contributed by atoms with Crippen molar-refractivity contribution in [2.75, 3.05) is 7.11 Å². The number of methoxy groups -OCH3 is 1. The normalized spacial score (nSPS) is 22.6. The van der Waals surface area contributed by atoms with Crippen molar-refractivity contribution in [3.8, 4) is 11.5 Å². The fourth-order valence-electron chi connectivity index (χ4n) is 2.81. The number of hydrogen-bond acceptors (Lipinski definition) is 5. The zero-order valence-electron chi connectivity index (χ0n) is 13.0. The third-order valence-electron chi connectivity index (χ3n) is 4.03. The Balaban J connectivity index is 1.74. The molecule has 1 aliphatic carbocycles. The Morgan fingerprint density at radius 3 is 2.83 bits per heavy atom. The predicted molar refractivity (Wildman–Crippen MR) is 92.7 cm³/mol. The lowest BCUT2D eigenvalue weighted by molar-refractivity contribution is -0.115. The molecular formula is C17H20N2O3S. The minimum absolute atomic E-state index is 0.0568. The molecule has 0 atom stereocenters. The largest absolute Gasteiger partial charge is 0.504 e. The summed E-state index contributed by atoms with van der Waals surface area (Å²) in [6.45, 7) is 0. The maximum absolute atomic E-state index is 12.1. The van der Waals surface area contributed by atoms with Crippen molar-refractivity contribution in [2.45, 2.75) is 38.1 Å².